The van der Waals surface area contributed by atoms with Gasteiger partial charge in [0.25, 0.3) is 0 Å². The summed E-state index contributed by atoms with van der Waals surface area (Å²) in [5, 5.41) is 20.2. The molecule has 1 fully saturated rings. The number of pyridine rings is 1. The second-order valence-corrected chi connectivity index (χ2v) is 10.5. The second-order valence-electron chi connectivity index (χ2n) is 8.87. The summed E-state index contributed by atoms with van der Waals surface area (Å²) in [6.45, 7) is 0. The maximum Gasteiger partial charge on any atom is 0.243 e. The minimum Gasteiger partial charge on any atom is -0.497 e. The summed E-state index contributed by atoms with van der Waals surface area (Å²) in [6.07, 6.45) is 2.52. The topological polar surface area (TPSA) is 86.5 Å². The van der Waals surface area contributed by atoms with E-state index in [2.05, 4.69) is 11.1 Å². The summed E-state index contributed by atoms with van der Waals surface area (Å²) in [5.74, 6) is 1.10. The van der Waals surface area contributed by atoms with Crippen LogP contribution in [0.3, 0.4) is 0 Å². The van der Waals surface area contributed by atoms with Gasteiger partial charge in [-0.1, -0.05) is 48.0 Å². The number of nitrogens with zero attached hydrogens (tertiary/aromatic N) is 3. The number of hydrogen-bond donors (Lipinski definition) is 1. The van der Waals surface area contributed by atoms with Gasteiger partial charge in [-0.05, 0) is 59.2 Å². The molecule has 0 radical (unpaired) electrons. The van der Waals surface area contributed by atoms with E-state index in [1.54, 1.807) is 48.5 Å². The molecule has 3 aromatic carbocycles. The van der Waals surface area contributed by atoms with Crippen molar-refractivity contribution < 1.29 is 14.6 Å². The zero-order valence-electron chi connectivity index (χ0n) is 20.5. The van der Waals surface area contributed by atoms with Crippen LogP contribution in [0.15, 0.2) is 91.3 Å². The number of carbonyl (C=O) groups is 1. The number of benzene rings is 3. The van der Waals surface area contributed by atoms with Crippen LogP contribution in [0.2, 0.25) is 5.02 Å². The van der Waals surface area contributed by atoms with Gasteiger partial charge in [0.2, 0.25) is 5.91 Å². The molecule has 1 aromatic heterocycles. The highest BCUT2D eigenvalue weighted by Crippen LogP contribution is 2.46. The maximum atomic E-state index is 13.4. The lowest BCUT2D eigenvalue weighted by Gasteiger charge is -2.47. The fraction of sp³-hybridized carbons (Fsp3) is 0.167. The Kier molecular flexibility index (Phi) is 7.66. The first kappa shape index (κ1) is 25.8. The lowest BCUT2D eigenvalue weighted by atomic mass is 9.92. The molecule has 1 saturated heterocycles. The van der Waals surface area contributed by atoms with Crippen LogP contribution >= 0.6 is 23.4 Å². The normalized spacial score (nSPS) is 17.4. The van der Waals surface area contributed by atoms with E-state index in [0.29, 0.717) is 16.3 Å². The van der Waals surface area contributed by atoms with Crippen molar-refractivity contribution in [1.82, 2.24) is 4.98 Å². The number of amides is 1. The van der Waals surface area contributed by atoms with Gasteiger partial charge in [-0.25, -0.2) is 0 Å². The van der Waals surface area contributed by atoms with Gasteiger partial charge in [0.1, 0.15) is 17.1 Å². The van der Waals surface area contributed by atoms with Crippen LogP contribution in [0, 0.1) is 11.3 Å². The number of ether oxygens (including phenoxy) is 1. The van der Waals surface area contributed by atoms with Gasteiger partial charge < -0.3 is 14.7 Å². The van der Waals surface area contributed by atoms with Crippen LogP contribution in [0.25, 0.3) is 11.1 Å². The van der Waals surface area contributed by atoms with Gasteiger partial charge >= 0.3 is 0 Å². The Morgan fingerprint density at radius 3 is 2.42 bits per heavy atom. The maximum absolute atomic E-state index is 13.4. The lowest BCUT2D eigenvalue weighted by molar-refractivity contribution is -0.123. The number of anilines is 1. The average molecular weight is 542 g/mol. The van der Waals surface area contributed by atoms with Gasteiger partial charge in [0.15, 0.2) is 0 Å². The molecule has 6 nitrogen and oxygen atoms in total. The number of β-lactam (4-membered cyclic amide) rings is 1. The third-order valence-electron chi connectivity index (χ3n) is 6.54. The Morgan fingerprint density at radius 2 is 1.76 bits per heavy atom. The number of aliphatic hydroxyl groups is 1. The summed E-state index contributed by atoms with van der Waals surface area (Å²) in [6, 6.07) is 26.2. The predicted molar refractivity (Wildman–Crippen MR) is 150 cm³/mol. The van der Waals surface area contributed by atoms with Crippen LogP contribution < -0.4 is 9.64 Å². The van der Waals surface area contributed by atoms with Crippen LogP contribution in [-0.4, -0.2) is 34.1 Å². The molecule has 3 atom stereocenters. The van der Waals surface area contributed by atoms with Crippen molar-refractivity contribution in [1.29, 1.82) is 5.26 Å². The number of hydrogen-bond acceptors (Lipinski definition) is 6. The molecular formula is C30H24ClN3O3S. The molecule has 5 rings (SSSR count). The molecule has 190 valence electrons. The summed E-state index contributed by atoms with van der Waals surface area (Å²) < 4.78 is 5.31. The molecule has 1 aliphatic rings. The van der Waals surface area contributed by atoms with Crippen molar-refractivity contribution in [2.75, 3.05) is 17.8 Å². The molecule has 4 aromatic rings. The first-order chi connectivity index (χ1) is 18.5. The van der Waals surface area contributed by atoms with Crippen molar-refractivity contribution in [3.8, 4) is 22.9 Å². The minimum atomic E-state index is -0.715. The Bertz CT molecular complexity index is 1470. The van der Waals surface area contributed by atoms with E-state index in [1.807, 2.05) is 48.5 Å². The highest BCUT2D eigenvalue weighted by Gasteiger charge is 2.49. The smallest absolute Gasteiger partial charge is 0.243 e. The Hall–Kier alpha value is -3.83. The Labute approximate surface area is 230 Å². The van der Waals surface area contributed by atoms with Crippen molar-refractivity contribution in [2.24, 2.45) is 0 Å². The highest BCUT2D eigenvalue weighted by atomic mass is 35.5. The molecule has 0 bridgehead atoms. The Morgan fingerprint density at radius 1 is 1.05 bits per heavy atom. The molecule has 2 heterocycles. The van der Waals surface area contributed by atoms with E-state index < -0.39 is 6.10 Å². The number of methoxy groups -OCH3 is 1. The van der Waals surface area contributed by atoms with Crippen LogP contribution in [0.1, 0.15) is 28.8 Å². The molecule has 0 spiro atoms. The summed E-state index contributed by atoms with van der Waals surface area (Å²) >= 11 is 7.42. The number of thioether (sulfide) groups is 1. The number of carbonyl (C=O) groups excluding carboxylic acids is 1. The molecule has 0 unspecified atom stereocenters. The molecule has 1 aliphatic heterocycles. The van der Waals surface area contributed by atoms with E-state index in [0.717, 1.165) is 33.7 Å². The molecule has 0 aliphatic carbocycles. The van der Waals surface area contributed by atoms with Gasteiger partial charge in [0.05, 0.1) is 24.8 Å². The summed E-state index contributed by atoms with van der Waals surface area (Å²) in [4.78, 5) is 19.4. The van der Waals surface area contributed by atoms with Crippen LogP contribution in [0.4, 0.5) is 5.69 Å². The predicted octanol–water partition coefficient (Wildman–Crippen LogP) is 6.21. The van der Waals surface area contributed by atoms with Crippen LogP contribution in [0.5, 0.6) is 5.75 Å². The van der Waals surface area contributed by atoms with E-state index in [1.165, 1.54) is 18.0 Å². The molecular weight excluding hydrogens is 518 g/mol. The summed E-state index contributed by atoms with van der Waals surface area (Å²) in [5.41, 5.74) is 4.76. The first-order valence-electron chi connectivity index (χ1n) is 12.0. The molecule has 0 saturated carbocycles. The molecule has 1 amide bonds. The summed E-state index contributed by atoms with van der Waals surface area (Å²) in [7, 11) is 1.62. The molecule has 8 heteroatoms. The van der Waals surface area contributed by atoms with Gasteiger partial charge in [-0.3, -0.25) is 9.78 Å². The zero-order valence-corrected chi connectivity index (χ0v) is 22.1. The quantitative estimate of drug-likeness (QED) is 0.267. The van der Waals surface area contributed by atoms with Crippen molar-refractivity contribution in [3.63, 3.8) is 0 Å². The standard InChI is InChI=1S/C30H24ClN3O3S/c1-37-26-12-6-22(7-13-26)28-29(38-18-27(35)21-2-8-24(31)9-3-21)30(36)34(28)25-10-4-20(5-11-25)23-14-19(15-32)16-33-17-23/h2-14,16-17,27-29,35H,18H2,1H3/t27-,28+,29+/m0/s1. The highest BCUT2D eigenvalue weighted by molar-refractivity contribution is 8.00. The van der Waals surface area contributed by atoms with Crippen molar-refractivity contribution >= 4 is 35.0 Å². The number of aliphatic hydroxyl groups excluding tert-OH is 1. The van der Waals surface area contributed by atoms with Gasteiger partial charge in [-0.15, -0.1) is 11.8 Å². The molecule has 1 N–H and O–H groups in total. The van der Waals surface area contributed by atoms with E-state index in [9.17, 15) is 15.2 Å². The fourth-order valence-electron chi connectivity index (χ4n) is 4.49. The second kappa shape index (κ2) is 11.3. The van der Waals surface area contributed by atoms with Crippen molar-refractivity contribution in [3.05, 3.63) is 113 Å². The first-order valence-corrected chi connectivity index (χ1v) is 13.4. The monoisotopic (exact) mass is 541 g/mol. The van der Waals surface area contributed by atoms with Gasteiger partial charge in [0, 0.05) is 34.4 Å². The van der Waals surface area contributed by atoms with Crippen LogP contribution in [-0.2, 0) is 4.79 Å². The van der Waals surface area contributed by atoms with Gasteiger partial charge in [-0.2, -0.15) is 5.26 Å². The minimum absolute atomic E-state index is 0.0139. The third kappa shape index (κ3) is 5.25. The van der Waals surface area contributed by atoms with E-state index >= 15 is 0 Å². The fourth-order valence-corrected chi connectivity index (χ4v) is 5.91. The largest absolute Gasteiger partial charge is 0.497 e. The number of nitriles is 1. The van der Waals surface area contributed by atoms with Crippen molar-refractivity contribution in [2.45, 2.75) is 17.4 Å². The zero-order chi connectivity index (χ0) is 26.6. The average Bonchev–Trinajstić information content (AvgIpc) is 2.96. The molecule has 38 heavy (non-hydrogen) atoms. The Balaban J connectivity index is 1.38. The third-order valence-corrected chi connectivity index (χ3v) is 8.12. The lowest BCUT2D eigenvalue weighted by Crippen LogP contribution is -2.57. The van der Waals surface area contributed by atoms with E-state index in [-0.39, 0.29) is 17.2 Å². The number of aromatic nitrogens is 1. The number of rotatable bonds is 8. The number of halogens is 1. The SMILES string of the molecule is COc1ccc([C@@H]2[C@@H](SC[C@H](O)c3ccc(Cl)cc3)C(=O)N2c2ccc(-c3cncc(C#N)c3)cc2)cc1. The van der Waals surface area contributed by atoms with E-state index in [4.69, 9.17) is 16.3 Å².